The topological polar surface area (TPSA) is 59.3 Å². The number of nitrogens with zero attached hydrogens (tertiary/aromatic N) is 1. The third kappa shape index (κ3) is 3.75. The van der Waals surface area contributed by atoms with E-state index in [2.05, 4.69) is 26.8 Å². The van der Waals surface area contributed by atoms with Crippen LogP contribution in [0.15, 0.2) is 35.3 Å². The van der Waals surface area contributed by atoms with Gasteiger partial charge in [-0.15, -0.1) is 0 Å². The summed E-state index contributed by atoms with van der Waals surface area (Å²) in [5, 5.41) is 10.3. The first-order valence-electron chi connectivity index (χ1n) is 7.64. The number of carboxylic acids is 1. The molecule has 118 valence electrons. The van der Waals surface area contributed by atoms with Gasteiger partial charge >= 0.3 is 5.97 Å². The van der Waals surface area contributed by atoms with Gasteiger partial charge in [0.2, 0.25) is 0 Å². The van der Waals surface area contributed by atoms with E-state index in [-0.39, 0.29) is 17.4 Å². The Hall–Kier alpha value is -2.10. The van der Waals surface area contributed by atoms with Crippen LogP contribution in [0.25, 0.3) is 10.8 Å². The van der Waals surface area contributed by atoms with Crippen LogP contribution < -0.4 is 5.56 Å². The summed E-state index contributed by atoms with van der Waals surface area (Å²) in [7, 11) is 0. The first kappa shape index (κ1) is 16.3. The number of aliphatic carboxylic acids is 1. The van der Waals surface area contributed by atoms with Gasteiger partial charge in [0.05, 0.1) is 0 Å². The van der Waals surface area contributed by atoms with E-state index in [1.54, 1.807) is 10.8 Å². The summed E-state index contributed by atoms with van der Waals surface area (Å²) in [6.45, 7) is 6.94. The minimum atomic E-state index is -0.791. The molecule has 0 spiro atoms. The molecule has 4 nitrogen and oxygen atoms in total. The van der Waals surface area contributed by atoms with Gasteiger partial charge in [0.25, 0.3) is 5.56 Å². The van der Waals surface area contributed by atoms with E-state index in [0.29, 0.717) is 19.4 Å². The summed E-state index contributed by atoms with van der Waals surface area (Å²) >= 11 is 0. The first-order valence-corrected chi connectivity index (χ1v) is 7.64. The van der Waals surface area contributed by atoms with Crippen LogP contribution in [0, 0.1) is 0 Å². The Kier molecular flexibility index (Phi) is 4.69. The molecule has 0 fully saturated rings. The quantitative estimate of drug-likeness (QED) is 0.859. The third-order valence-electron chi connectivity index (χ3n) is 3.88. The van der Waals surface area contributed by atoms with Crippen LogP contribution in [-0.2, 0) is 16.8 Å². The fraction of sp³-hybridized carbons (Fsp3) is 0.444. The highest BCUT2D eigenvalue weighted by molar-refractivity contribution is 5.82. The SMILES string of the molecule is CC(C)(C)c1ccc2ccn(CCCCC(=O)O)c(=O)c2c1. The molecule has 1 heterocycles. The zero-order valence-corrected chi connectivity index (χ0v) is 13.4. The number of hydrogen-bond acceptors (Lipinski definition) is 2. The molecule has 2 rings (SSSR count). The molecule has 1 aromatic carbocycles. The predicted molar refractivity (Wildman–Crippen MR) is 88.4 cm³/mol. The lowest BCUT2D eigenvalue weighted by Crippen LogP contribution is -2.20. The predicted octanol–water partition coefficient (Wildman–Crippen LogP) is 3.55. The van der Waals surface area contributed by atoms with Gasteiger partial charge in [-0.05, 0) is 41.3 Å². The normalized spacial score (nSPS) is 11.8. The van der Waals surface area contributed by atoms with E-state index in [4.69, 9.17) is 5.11 Å². The number of carbonyl (C=O) groups is 1. The minimum absolute atomic E-state index is 0.000995. The molecule has 2 aromatic rings. The lowest BCUT2D eigenvalue weighted by atomic mass is 9.86. The standard InChI is InChI=1S/C18H23NO3/c1-18(2,3)14-8-7-13-9-11-19(17(22)15(13)12-14)10-5-4-6-16(20)21/h7-9,11-12H,4-6,10H2,1-3H3,(H,20,21). The van der Waals surface area contributed by atoms with Gasteiger partial charge < -0.3 is 9.67 Å². The summed E-state index contributed by atoms with van der Waals surface area (Å²) in [4.78, 5) is 23.1. The van der Waals surface area contributed by atoms with Gasteiger partial charge in [0.1, 0.15) is 0 Å². The number of unbranched alkanes of at least 4 members (excludes halogenated alkanes) is 1. The molecule has 0 aliphatic rings. The van der Waals surface area contributed by atoms with E-state index in [0.717, 1.165) is 16.3 Å². The lowest BCUT2D eigenvalue weighted by Gasteiger charge is -2.19. The van der Waals surface area contributed by atoms with Gasteiger partial charge in [0, 0.05) is 24.5 Å². The van der Waals surface area contributed by atoms with Crippen LogP contribution in [0.3, 0.4) is 0 Å². The molecule has 1 N–H and O–H groups in total. The zero-order valence-electron chi connectivity index (χ0n) is 13.4. The van der Waals surface area contributed by atoms with Crippen molar-refractivity contribution < 1.29 is 9.90 Å². The van der Waals surface area contributed by atoms with E-state index < -0.39 is 5.97 Å². The lowest BCUT2D eigenvalue weighted by molar-refractivity contribution is -0.137. The average Bonchev–Trinajstić information content (AvgIpc) is 2.44. The summed E-state index contributed by atoms with van der Waals surface area (Å²) in [5.41, 5.74) is 1.14. The molecule has 0 aliphatic heterocycles. The molecule has 0 radical (unpaired) electrons. The van der Waals surface area contributed by atoms with Crippen molar-refractivity contribution in [1.29, 1.82) is 0 Å². The van der Waals surface area contributed by atoms with Crippen LogP contribution in [0.1, 0.15) is 45.6 Å². The monoisotopic (exact) mass is 301 g/mol. The third-order valence-corrected chi connectivity index (χ3v) is 3.88. The highest BCUT2D eigenvalue weighted by atomic mass is 16.4. The van der Waals surface area contributed by atoms with Gasteiger partial charge in [0.15, 0.2) is 0 Å². The van der Waals surface area contributed by atoms with E-state index >= 15 is 0 Å². The van der Waals surface area contributed by atoms with Crippen LogP contribution in [0.5, 0.6) is 0 Å². The summed E-state index contributed by atoms with van der Waals surface area (Å²) in [6, 6.07) is 7.98. The van der Waals surface area contributed by atoms with Crippen molar-refractivity contribution in [3.8, 4) is 0 Å². The second kappa shape index (κ2) is 6.34. The fourth-order valence-corrected chi connectivity index (χ4v) is 2.48. The van der Waals surface area contributed by atoms with Crippen molar-refractivity contribution in [2.24, 2.45) is 0 Å². The highest BCUT2D eigenvalue weighted by Crippen LogP contribution is 2.24. The Morgan fingerprint density at radius 3 is 2.55 bits per heavy atom. The Morgan fingerprint density at radius 1 is 1.18 bits per heavy atom. The number of fused-ring (bicyclic) bond motifs is 1. The molecule has 0 unspecified atom stereocenters. The Morgan fingerprint density at radius 2 is 1.91 bits per heavy atom. The summed E-state index contributed by atoms with van der Waals surface area (Å²) in [6.07, 6.45) is 3.22. The van der Waals surface area contributed by atoms with Crippen LogP contribution in [0.4, 0.5) is 0 Å². The van der Waals surface area contributed by atoms with Crippen LogP contribution in [-0.4, -0.2) is 15.6 Å². The molecule has 0 saturated carbocycles. The maximum atomic E-state index is 12.6. The first-order chi connectivity index (χ1) is 10.3. The Bertz CT molecular complexity index is 738. The molecule has 1 aromatic heterocycles. The van der Waals surface area contributed by atoms with Crippen LogP contribution >= 0.6 is 0 Å². The maximum Gasteiger partial charge on any atom is 0.303 e. The van der Waals surface area contributed by atoms with Crippen molar-refractivity contribution in [1.82, 2.24) is 4.57 Å². The molecule has 0 saturated heterocycles. The van der Waals surface area contributed by atoms with Crippen molar-refractivity contribution >= 4 is 16.7 Å². The summed E-state index contributed by atoms with van der Waals surface area (Å²) < 4.78 is 1.68. The van der Waals surface area contributed by atoms with E-state index in [9.17, 15) is 9.59 Å². The largest absolute Gasteiger partial charge is 0.481 e. The Balaban J connectivity index is 2.28. The number of benzene rings is 1. The fourth-order valence-electron chi connectivity index (χ4n) is 2.48. The number of rotatable bonds is 5. The molecular formula is C18H23NO3. The molecule has 0 amide bonds. The van der Waals surface area contributed by atoms with Gasteiger partial charge in [-0.25, -0.2) is 0 Å². The van der Waals surface area contributed by atoms with Crippen molar-refractivity contribution in [2.45, 2.75) is 52.0 Å². The Labute approximate surface area is 130 Å². The van der Waals surface area contributed by atoms with E-state index in [1.165, 1.54) is 0 Å². The molecule has 0 atom stereocenters. The number of hydrogen-bond donors (Lipinski definition) is 1. The number of aryl methyl sites for hydroxylation is 1. The number of pyridine rings is 1. The van der Waals surface area contributed by atoms with Crippen molar-refractivity contribution in [3.63, 3.8) is 0 Å². The van der Waals surface area contributed by atoms with Crippen molar-refractivity contribution in [3.05, 3.63) is 46.4 Å². The number of aromatic nitrogens is 1. The van der Waals surface area contributed by atoms with Crippen LogP contribution in [0.2, 0.25) is 0 Å². The zero-order chi connectivity index (χ0) is 16.3. The molecule has 4 heteroatoms. The molecule has 22 heavy (non-hydrogen) atoms. The minimum Gasteiger partial charge on any atom is -0.481 e. The highest BCUT2D eigenvalue weighted by Gasteiger charge is 2.14. The van der Waals surface area contributed by atoms with Gasteiger partial charge in [-0.3, -0.25) is 9.59 Å². The van der Waals surface area contributed by atoms with E-state index in [1.807, 2.05) is 18.2 Å². The molecule has 0 aliphatic carbocycles. The van der Waals surface area contributed by atoms with Gasteiger partial charge in [-0.2, -0.15) is 0 Å². The van der Waals surface area contributed by atoms with Crippen molar-refractivity contribution in [2.75, 3.05) is 0 Å². The second-order valence-corrected chi connectivity index (χ2v) is 6.72. The number of carboxylic acid groups (broad SMARTS) is 1. The average molecular weight is 301 g/mol. The smallest absolute Gasteiger partial charge is 0.303 e. The maximum absolute atomic E-state index is 12.6. The molecular weight excluding hydrogens is 278 g/mol. The van der Waals surface area contributed by atoms with Gasteiger partial charge in [-0.1, -0.05) is 32.9 Å². The second-order valence-electron chi connectivity index (χ2n) is 6.72. The summed E-state index contributed by atoms with van der Waals surface area (Å²) in [5.74, 6) is -0.791. The molecule has 0 bridgehead atoms.